The van der Waals surface area contributed by atoms with Crippen LogP contribution in [0.3, 0.4) is 0 Å². The molecular formula is C34H41N7O4. The molecule has 2 amide bonds. The lowest BCUT2D eigenvalue weighted by Gasteiger charge is -2.23. The minimum atomic E-state index is -0.257. The maximum absolute atomic E-state index is 13.8. The van der Waals surface area contributed by atoms with Crippen LogP contribution in [0.15, 0.2) is 30.3 Å². The van der Waals surface area contributed by atoms with Crippen LogP contribution < -0.4 is 15.8 Å². The number of imidazole rings is 1. The van der Waals surface area contributed by atoms with E-state index < -0.39 is 0 Å². The molecule has 45 heavy (non-hydrogen) atoms. The minimum absolute atomic E-state index is 0.00243. The van der Waals surface area contributed by atoms with Crippen LogP contribution in [0.25, 0.3) is 28.1 Å². The lowest BCUT2D eigenvalue weighted by atomic mass is 9.97. The van der Waals surface area contributed by atoms with Gasteiger partial charge in [-0.2, -0.15) is 0 Å². The number of hydrogen-bond acceptors (Lipinski definition) is 7. The molecule has 4 aromatic rings. The van der Waals surface area contributed by atoms with Gasteiger partial charge in [0, 0.05) is 48.3 Å². The molecule has 3 aliphatic heterocycles. The third-order valence-electron chi connectivity index (χ3n) is 10.9. The number of aromatic nitrogens is 4. The van der Waals surface area contributed by atoms with E-state index in [-0.39, 0.29) is 48.0 Å². The molecule has 0 unspecified atom stereocenters. The van der Waals surface area contributed by atoms with Gasteiger partial charge in [0.15, 0.2) is 5.88 Å². The van der Waals surface area contributed by atoms with E-state index in [0.29, 0.717) is 23.7 Å². The molecule has 1 spiro atoms. The Labute approximate surface area is 262 Å². The van der Waals surface area contributed by atoms with Gasteiger partial charge in [-0.1, -0.05) is 0 Å². The lowest BCUT2D eigenvalue weighted by Crippen LogP contribution is -2.40. The van der Waals surface area contributed by atoms with Crippen molar-refractivity contribution in [2.75, 3.05) is 20.3 Å². The van der Waals surface area contributed by atoms with Crippen LogP contribution in [-0.2, 0) is 16.1 Å². The van der Waals surface area contributed by atoms with Crippen LogP contribution in [0.2, 0.25) is 0 Å². The van der Waals surface area contributed by atoms with Crippen molar-refractivity contribution < 1.29 is 19.1 Å². The van der Waals surface area contributed by atoms with Crippen LogP contribution in [0.1, 0.15) is 79.7 Å². The zero-order valence-corrected chi connectivity index (χ0v) is 26.2. The minimum Gasteiger partial charge on any atom is -0.482 e. The Morgan fingerprint density at radius 1 is 1.13 bits per heavy atom. The molecule has 11 heteroatoms. The number of amides is 2. The van der Waals surface area contributed by atoms with Crippen molar-refractivity contribution in [1.29, 1.82) is 0 Å². The number of carbonyl (C=O) groups excluding carboxylic acids is 2. The molecule has 4 atom stereocenters. The molecule has 236 valence electrons. The molecule has 7 heterocycles. The van der Waals surface area contributed by atoms with Crippen LogP contribution in [0.5, 0.6) is 5.88 Å². The summed E-state index contributed by atoms with van der Waals surface area (Å²) >= 11 is 0. The Balaban J connectivity index is 1.23. The van der Waals surface area contributed by atoms with Crippen LogP contribution in [0, 0.1) is 12.3 Å². The highest BCUT2D eigenvalue weighted by atomic mass is 16.5. The van der Waals surface area contributed by atoms with Crippen molar-refractivity contribution in [3.8, 4) is 17.3 Å². The molecule has 8 rings (SSSR count). The van der Waals surface area contributed by atoms with Gasteiger partial charge in [-0.25, -0.2) is 9.97 Å². The highest BCUT2D eigenvalue weighted by molar-refractivity contribution is 5.97. The van der Waals surface area contributed by atoms with Gasteiger partial charge in [-0.3, -0.25) is 14.0 Å². The molecule has 4 aromatic heterocycles. The number of aryl methyl sites for hydroxylation is 2. The zero-order chi connectivity index (χ0) is 31.0. The number of nitrogens with zero attached hydrogens (tertiary/aromatic N) is 5. The van der Waals surface area contributed by atoms with E-state index in [1.54, 1.807) is 7.11 Å². The number of nitrogens with one attached hydrogen (secondary N) is 1. The lowest BCUT2D eigenvalue weighted by molar-refractivity contribution is -0.126. The summed E-state index contributed by atoms with van der Waals surface area (Å²) in [5.41, 5.74) is 12.2. The highest BCUT2D eigenvalue weighted by Gasteiger charge is 2.47. The van der Waals surface area contributed by atoms with Gasteiger partial charge in [-0.15, -0.1) is 0 Å². The number of hydrogen-bond donors (Lipinski definition) is 2. The number of rotatable bonds is 3. The van der Waals surface area contributed by atoms with Gasteiger partial charge in [0.2, 0.25) is 5.91 Å². The van der Waals surface area contributed by atoms with Crippen molar-refractivity contribution >= 4 is 28.5 Å². The van der Waals surface area contributed by atoms with Gasteiger partial charge in [0.1, 0.15) is 23.6 Å². The highest BCUT2D eigenvalue weighted by Crippen LogP contribution is 2.52. The fraction of sp³-hybridized carbons (Fsp3) is 0.529. The van der Waals surface area contributed by atoms with Gasteiger partial charge < -0.3 is 30.0 Å². The molecule has 4 bridgehead atoms. The Morgan fingerprint density at radius 3 is 2.71 bits per heavy atom. The van der Waals surface area contributed by atoms with E-state index in [2.05, 4.69) is 22.0 Å². The smallest absolute Gasteiger partial charge is 0.254 e. The van der Waals surface area contributed by atoms with E-state index >= 15 is 0 Å². The van der Waals surface area contributed by atoms with Gasteiger partial charge in [-0.05, 0) is 88.5 Å². The fourth-order valence-electron chi connectivity index (χ4n) is 8.06. The third-order valence-corrected chi connectivity index (χ3v) is 10.9. The average Bonchev–Trinajstić information content (AvgIpc) is 3.28. The van der Waals surface area contributed by atoms with E-state index in [1.807, 2.05) is 41.3 Å². The second kappa shape index (κ2) is 10.6. The van der Waals surface area contributed by atoms with Crippen molar-refractivity contribution in [1.82, 2.24) is 29.2 Å². The summed E-state index contributed by atoms with van der Waals surface area (Å²) in [6.07, 6.45) is 7.10. The number of fused-ring (bicyclic) bond motifs is 4. The first-order valence-corrected chi connectivity index (χ1v) is 16.3. The van der Waals surface area contributed by atoms with Crippen molar-refractivity contribution in [2.45, 2.75) is 89.5 Å². The quantitative estimate of drug-likeness (QED) is 0.356. The molecule has 3 fully saturated rings. The molecule has 0 radical (unpaired) electrons. The summed E-state index contributed by atoms with van der Waals surface area (Å²) in [7, 11) is 1.63. The van der Waals surface area contributed by atoms with Crippen molar-refractivity contribution in [3.63, 3.8) is 0 Å². The maximum atomic E-state index is 13.8. The molecule has 1 saturated carbocycles. The predicted molar refractivity (Wildman–Crippen MR) is 169 cm³/mol. The molecule has 4 aliphatic rings. The monoisotopic (exact) mass is 611 g/mol. The molecular weight excluding hydrogens is 570 g/mol. The van der Waals surface area contributed by atoms with Crippen LogP contribution in [-0.4, -0.2) is 74.1 Å². The summed E-state index contributed by atoms with van der Waals surface area (Å²) < 4.78 is 15.9. The van der Waals surface area contributed by atoms with Crippen LogP contribution >= 0.6 is 0 Å². The second-order valence-electron chi connectivity index (χ2n) is 13.6. The SMILES string of the molecule is COc1cc(C(=O)N2[C@H]3CC[C@@H]2[C@H](N)C3)cc2nc(-c3cc4ccc5nc4n3CCC3(CCOCC(=O)N[C@@H]5C)CC3)c(C)n12. The topological polar surface area (TPSA) is 129 Å². The Morgan fingerprint density at radius 2 is 1.98 bits per heavy atom. The molecule has 0 aromatic carbocycles. The molecule has 2 saturated heterocycles. The molecule has 1 aliphatic carbocycles. The number of carbonyl (C=O) groups is 2. The Bertz CT molecular complexity index is 1840. The van der Waals surface area contributed by atoms with Crippen molar-refractivity contribution in [2.24, 2.45) is 11.1 Å². The predicted octanol–water partition coefficient (Wildman–Crippen LogP) is 4.14. The first-order chi connectivity index (χ1) is 21.7. The van der Waals surface area contributed by atoms with Crippen LogP contribution in [0.4, 0.5) is 0 Å². The number of ether oxygens (including phenoxy) is 2. The number of pyridine rings is 2. The first kappa shape index (κ1) is 28.5. The number of nitrogens with two attached hydrogens (primary N) is 1. The normalized spacial score (nSPS) is 26.1. The van der Waals surface area contributed by atoms with Gasteiger partial charge in [0.05, 0.1) is 30.2 Å². The van der Waals surface area contributed by atoms with E-state index in [9.17, 15) is 9.59 Å². The van der Waals surface area contributed by atoms with E-state index in [0.717, 1.165) is 85.3 Å². The summed E-state index contributed by atoms with van der Waals surface area (Å²) in [4.78, 5) is 38.6. The Hall–Kier alpha value is -3.96. The molecule has 3 N–H and O–H groups in total. The zero-order valence-electron chi connectivity index (χ0n) is 26.2. The van der Waals surface area contributed by atoms with E-state index in [1.165, 1.54) is 0 Å². The summed E-state index contributed by atoms with van der Waals surface area (Å²) in [5.74, 6) is 0.439. The first-order valence-electron chi connectivity index (χ1n) is 16.3. The fourth-order valence-corrected chi connectivity index (χ4v) is 8.06. The number of methoxy groups -OCH3 is 1. The molecule has 11 nitrogen and oxygen atoms in total. The van der Waals surface area contributed by atoms with E-state index in [4.69, 9.17) is 25.2 Å². The summed E-state index contributed by atoms with van der Waals surface area (Å²) in [6, 6.07) is 10.0. The average molecular weight is 612 g/mol. The largest absolute Gasteiger partial charge is 0.482 e. The van der Waals surface area contributed by atoms with Gasteiger partial charge >= 0.3 is 0 Å². The standard InChI is InChI=1S/C34H41N7O4/c1-19-25-6-4-21-14-27(39(32(21)37-25)12-10-34(8-9-34)11-13-45-18-29(42)36-19)31-20(2)40-28(38-31)15-22(16-30(40)44-3)33(43)41-23-5-7-26(41)24(35)17-23/h4,6,14-16,19,23-24,26H,5,7-13,17-18,35H2,1-3H3,(H,36,42)/t19-,23+,24-,26-/m1/s1. The van der Waals surface area contributed by atoms with Gasteiger partial charge in [0.25, 0.3) is 5.91 Å². The Kier molecular flexibility index (Phi) is 6.69. The third kappa shape index (κ3) is 4.70. The second-order valence-corrected chi connectivity index (χ2v) is 13.6. The maximum Gasteiger partial charge on any atom is 0.254 e. The summed E-state index contributed by atoms with van der Waals surface area (Å²) in [6.45, 7) is 5.44. The summed E-state index contributed by atoms with van der Waals surface area (Å²) in [5, 5.41) is 4.05. The van der Waals surface area contributed by atoms with Crippen molar-refractivity contribution in [3.05, 3.63) is 47.3 Å².